The molecule has 0 spiro atoms. The van der Waals surface area contributed by atoms with Crippen molar-refractivity contribution in [2.75, 3.05) is 7.11 Å². The normalized spacial score (nSPS) is 16.9. The molecule has 0 bridgehead atoms. The zero-order valence-corrected chi connectivity index (χ0v) is 15.6. The first-order chi connectivity index (χ1) is 13.0. The van der Waals surface area contributed by atoms with Gasteiger partial charge in [-0.05, 0) is 51.7 Å². The van der Waals surface area contributed by atoms with Gasteiger partial charge in [-0.25, -0.2) is 9.97 Å². The number of hydrogen-bond donors (Lipinski definition) is 0. The van der Waals surface area contributed by atoms with Crippen LogP contribution in [0.15, 0.2) is 23.0 Å². The predicted molar refractivity (Wildman–Crippen MR) is 99.3 cm³/mol. The molecule has 138 valence electrons. The van der Waals surface area contributed by atoms with Crippen molar-refractivity contribution in [3.63, 3.8) is 0 Å². The van der Waals surface area contributed by atoms with Gasteiger partial charge in [0.15, 0.2) is 0 Å². The van der Waals surface area contributed by atoms with Crippen molar-refractivity contribution >= 4 is 5.78 Å². The average molecular weight is 364 g/mol. The molecule has 1 aromatic carbocycles. The Hall–Kier alpha value is -2.96. The first kappa shape index (κ1) is 16.2. The van der Waals surface area contributed by atoms with Crippen LogP contribution in [0.1, 0.15) is 43.6 Å². The molecule has 0 radical (unpaired) electrons. The fraction of sp³-hybridized carbons (Fsp3) is 0.400. The van der Waals surface area contributed by atoms with Gasteiger partial charge in [-0.3, -0.25) is 4.79 Å². The van der Waals surface area contributed by atoms with E-state index in [-0.39, 0.29) is 5.56 Å². The number of methoxy groups -OCH3 is 1. The second-order valence-electron chi connectivity index (χ2n) is 7.54. The topological polar surface area (TPSA) is 78.6 Å². The van der Waals surface area contributed by atoms with E-state index in [2.05, 4.69) is 10.1 Å². The molecule has 0 saturated heterocycles. The second-order valence-corrected chi connectivity index (χ2v) is 7.54. The van der Waals surface area contributed by atoms with E-state index in [1.807, 2.05) is 32.0 Å². The lowest BCUT2D eigenvalue weighted by Gasteiger charge is -2.33. The molecular formula is C20H20N4O3. The molecule has 27 heavy (non-hydrogen) atoms. The van der Waals surface area contributed by atoms with Crippen LogP contribution in [-0.2, 0) is 18.4 Å². The van der Waals surface area contributed by atoms with Crippen LogP contribution in [0.25, 0.3) is 17.0 Å². The number of benzene rings is 1. The van der Waals surface area contributed by atoms with Crippen molar-refractivity contribution in [1.82, 2.24) is 19.6 Å². The monoisotopic (exact) mass is 364 g/mol. The summed E-state index contributed by atoms with van der Waals surface area (Å²) in [6.07, 6.45) is 3.64. The number of aromatic nitrogens is 4. The Morgan fingerprint density at radius 3 is 2.81 bits per heavy atom. The van der Waals surface area contributed by atoms with Crippen LogP contribution in [0.5, 0.6) is 11.5 Å². The van der Waals surface area contributed by atoms with Crippen molar-refractivity contribution < 1.29 is 9.47 Å². The Balaban J connectivity index is 1.82. The van der Waals surface area contributed by atoms with Gasteiger partial charge in [-0.15, -0.1) is 0 Å². The van der Waals surface area contributed by atoms with Gasteiger partial charge in [0.05, 0.1) is 12.8 Å². The van der Waals surface area contributed by atoms with E-state index in [1.54, 1.807) is 7.11 Å². The molecule has 7 heteroatoms. The predicted octanol–water partition coefficient (Wildman–Crippen LogP) is 2.67. The van der Waals surface area contributed by atoms with Gasteiger partial charge in [0.1, 0.15) is 28.5 Å². The summed E-state index contributed by atoms with van der Waals surface area (Å²) in [4.78, 5) is 22.4. The van der Waals surface area contributed by atoms with E-state index < -0.39 is 5.60 Å². The van der Waals surface area contributed by atoms with Crippen molar-refractivity contribution in [3.05, 3.63) is 45.5 Å². The fourth-order valence-electron chi connectivity index (χ4n) is 3.92. The average Bonchev–Trinajstić information content (AvgIpc) is 2.66. The minimum absolute atomic E-state index is 0.110. The highest BCUT2D eigenvalue weighted by molar-refractivity contribution is 5.74. The maximum absolute atomic E-state index is 13.0. The minimum Gasteiger partial charge on any atom is -0.497 e. The molecule has 2 aromatic heterocycles. The van der Waals surface area contributed by atoms with Crippen LogP contribution in [0.2, 0.25) is 0 Å². The Morgan fingerprint density at radius 1 is 1.19 bits per heavy atom. The summed E-state index contributed by atoms with van der Waals surface area (Å²) in [5.74, 6) is 1.75. The van der Waals surface area contributed by atoms with Crippen molar-refractivity contribution in [1.29, 1.82) is 0 Å². The van der Waals surface area contributed by atoms with Crippen LogP contribution < -0.4 is 15.0 Å². The maximum atomic E-state index is 13.0. The lowest BCUT2D eigenvalue weighted by atomic mass is 9.94. The quantitative estimate of drug-likeness (QED) is 0.661. The lowest BCUT2D eigenvalue weighted by molar-refractivity contribution is 0.0979. The van der Waals surface area contributed by atoms with Crippen LogP contribution in [0.4, 0.5) is 0 Å². The summed E-state index contributed by atoms with van der Waals surface area (Å²) in [6.45, 7) is 3.84. The Morgan fingerprint density at radius 2 is 2.00 bits per heavy atom. The molecule has 0 atom stereocenters. The number of aryl methyl sites for hydroxylation is 1. The molecule has 7 nitrogen and oxygen atoms in total. The zero-order chi connectivity index (χ0) is 18.8. The van der Waals surface area contributed by atoms with Gasteiger partial charge < -0.3 is 9.47 Å². The van der Waals surface area contributed by atoms with E-state index in [0.29, 0.717) is 28.7 Å². The molecule has 1 aliphatic carbocycles. The van der Waals surface area contributed by atoms with Crippen molar-refractivity contribution in [3.8, 4) is 22.8 Å². The molecule has 0 N–H and O–H groups in total. The van der Waals surface area contributed by atoms with E-state index in [4.69, 9.17) is 14.5 Å². The van der Waals surface area contributed by atoms with Crippen LogP contribution in [0, 0.1) is 0 Å². The van der Waals surface area contributed by atoms with Gasteiger partial charge in [-0.2, -0.15) is 9.61 Å². The largest absolute Gasteiger partial charge is 0.497 e. The van der Waals surface area contributed by atoms with Crippen molar-refractivity contribution in [2.45, 2.75) is 45.1 Å². The first-order valence-electron chi connectivity index (χ1n) is 9.19. The van der Waals surface area contributed by atoms with Gasteiger partial charge in [0.25, 0.3) is 11.3 Å². The molecule has 1 aliphatic heterocycles. The molecule has 3 aromatic rings. The van der Waals surface area contributed by atoms with Gasteiger partial charge in [0.2, 0.25) is 0 Å². The van der Waals surface area contributed by atoms with Crippen molar-refractivity contribution in [2.24, 2.45) is 0 Å². The fourth-order valence-corrected chi connectivity index (χ4v) is 3.92. The summed E-state index contributed by atoms with van der Waals surface area (Å²) in [5.41, 5.74) is 2.95. The maximum Gasteiger partial charge on any atom is 0.279 e. The molecular weight excluding hydrogens is 344 g/mol. The van der Waals surface area contributed by atoms with E-state index in [0.717, 1.165) is 42.5 Å². The summed E-state index contributed by atoms with van der Waals surface area (Å²) in [7, 11) is 1.62. The third kappa shape index (κ3) is 2.34. The van der Waals surface area contributed by atoms with Crippen LogP contribution in [-0.4, -0.2) is 26.7 Å². The van der Waals surface area contributed by atoms with E-state index >= 15 is 0 Å². The standard InChI is InChI=1S/C20H20N4O3/c1-20(2)17-16(13-9-8-11(26-3)10-15(13)27-20)22-19-21-14-7-5-4-6-12(14)18(25)24(19)23-17/h8-10H,4-7H2,1-3H3. The number of fused-ring (bicyclic) bond motifs is 5. The number of hydrogen-bond acceptors (Lipinski definition) is 6. The molecule has 0 unspecified atom stereocenters. The summed E-state index contributed by atoms with van der Waals surface area (Å²) in [5, 5.41) is 4.64. The Bertz CT molecular complexity index is 1150. The van der Waals surface area contributed by atoms with Crippen LogP contribution in [0.3, 0.4) is 0 Å². The van der Waals surface area contributed by atoms with E-state index in [1.165, 1.54) is 4.52 Å². The first-order valence-corrected chi connectivity index (χ1v) is 9.19. The zero-order valence-electron chi connectivity index (χ0n) is 15.6. The summed E-state index contributed by atoms with van der Waals surface area (Å²) < 4.78 is 12.8. The van der Waals surface area contributed by atoms with Crippen LogP contribution >= 0.6 is 0 Å². The third-order valence-electron chi connectivity index (χ3n) is 5.33. The lowest BCUT2D eigenvalue weighted by Crippen LogP contribution is -2.35. The third-order valence-corrected chi connectivity index (χ3v) is 5.33. The molecule has 0 saturated carbocycles. The number of ether oxygens (including phenoxy) is 2. The number of nitrogens with zero attached hydrogens (tertiary/aromatic N) is 4. The summed E-state index contributed by atoms with van der Waals surface area (Å²) >= 11 is 0. The van der Waals surface area contributed by atoms with E-state index in [9.17, 15) is 4.79 Å². The van der Waals surface area contributed by atoms with Gasteiger partial charge in [0, 0.05) is 17.2 Å². The highest BCUT2D eigenvalue weighted by Gasteiger charge is 2.37. The second kappa shape index (κ2) is 5.52. The molecule has 5 rings (SSSR count). The smallest absolute Gasteiger partial charge is 0.279 e. The highest BCUT2D eigenvalue weighted by atomic mass is 16.5. The highest BCUT2D eigenvalue weighted by Crippen LogP contribution is 2.44. The Labute approximate surface area is 156 Å². The molecule has 2 aliphatic rings. The number of rotatable bonds is 1. The molecule has 3 heterocycles. The summed E-state index contributed by atoms with van der Waals surface area (Å²) in [6, 6.07) is 5.62. The Kier molecular flexibility index (Phi) is 3.32. The molecule has 0 amide bonds. The van der Waals surface area contributed by atoms with Gasteiger partial charge in [-0.1, -0.05) is 0 Å². The van der Waals surface area contributed by atoms with Gasteiger partial charge >= 0.3 is 0 Å². The molecule has 0 fully saturated rings. The SMILES string of the molecule is COc1ccc2c(c1)OC(C)(C)c1nn3c(=O)c4c(nc3nc1-2)CCCC4. The minimum atomic E-state index is -0.731.